The molecule has 0 spiro atoms. The molecule has 23 heavy (non-hydrogen) atoms. The molecule has 1 aromatic carbocycles. The summed E-state index contributed by atoms with van der Waals surface area (Å²) in [7, 11) is -3.77. The Morgan fingerprint density at radius 2 is 1.96 bits per heavy atom. The second kappa shape index (κ2) is 5.24. The number of aromatic nitrogens is 2. The molecular weight excluding hydrogens is 318 g/mol. The lowest BCUT2D eigenvalue weighted by atomic mass is 10.1. The van der Waals surface area contributed by atoms with Gasteiger partial charge in [-0.25, -0.2) is 13.1 Å². The number of anilines is 1. The van der Waals surface area contributed by atoms with Crippen LogP contribution < -0.4 is 4.72 Å². The Bertz CT molecular complexity index is 945. The minimum Gasteiger partial charge on any atom is -0.459 e. The van der Waals surface area contributed by atoms with Crippen molar-refractivity contribution in [3.63, 3.8) is 0 Å². The van der Waals surface area contributed by atoms with Gasteiger partial charge in [0.25, 0.3) is 15.9 Å². The topological polar surface area (TPSA) is 98.2 Å². The van der Waals surface area contributed by atoms with E-state index in [-0.39, 0.29) is 16.8 Å². The molecule has 4 rings (SSSR count). The first-order chi connectivity index (χ1) is 11.1. The van der Waals surface area contributed by atoms with Gasteiger partial charge in [-0.3, -0.25) is 0 Å². The van der Waals surface area contributed by atoms with Crippen LogP contribution in [-0.2, 0) is 22.9 Å². The Hall–Kier alpha value is -2.61. The predicted molar refractivity (Wildman–Crippen MR) is 81.3 cm³/mol. The maximum absolute atomic E-state index is 12.4. The molecule has 0 unspecified atom stereocenters. The highest BCUT2D eigenvalue weighted by molar-refractivity contribution is 7.92. The fraction of sp³-hybridized carbons (Fsp3) is 0.200. The first kappa shape index (κ1) is 14.0. The summed E-state index contributed by atoms with van der Waals surface area (Å²) in [6.45, 7) is 0. The average molecular weight is 331 g/mol. The Morgan fingerprint density at radius 3 is 2.78 bits per heavy atom. The highest BCUT2D eigenvalue weighted by atomic mass is 32.2. The second-order valence-electron chi connectivity index (χ2n) is 5.28. The van der Waals surface area contributed by atoms with Gasteiger partial charge in [0.2, 0.25) is 0 Å². The molecule has 0 amide bonds. The van der Waals surface area contributed by atoms with Crippen molar-refractivity contribution in [2.45, 2.75) is 24.2 Å². The number of nitrogens with one attached hydrogen (secondary N) is 1. The van der Waals surface area contributed by atoms with E-state index in [1.807, 2.05) is 6.07 Å². The summed E-state index contributed by atoms with van der Waals surface area (Å²) in [5.41, 5.74) is 2.29. The summed E-state index contributed by atoms with van der Waals surface area (Å²) >= 11 is 0. The number of furan rings is 1. The van der Waals surface area contributed by atoms with Gasteiger partial charge in [-0.05, 0) is 54.7 Å². The summed E-state index contributed by atoms with van der Waals surface area (Å²) in [5.74, 6) is 0.488. The Balaban J connectivity index is 1.60. The molecule has 0 fully saturated rings. The Labute approximate surface area is 132 Å². The van der Waals surface area contributed by atoms with Gasteiger partial charge in [0.15, 0.2) is 5.76 Å². The SMILES string of the molecule is O=S(=O)(Nc1nnc(-c2ccco2)o1)c1ccc2c(c1)CCC2. The molecule has 3 aromatic rings. The van der Waals surface area contributed by atoms with Crippen LogP contribution in [0.25, 0.3) is 11.7 Å². The molecule has 0 atom stereocenters. The van der Waals surface area contributed by atoms with E-state index in [0.29, 0.717) is 5.76 Å². The Morgan fingerprint density at radius 1 is 1.09 bits per heavy atom. The highest BCUT2D eigenvalue weighted by Crippen LogP contribution is 2.26. The third kappa shape index (κ3) is 2.61. The van der Waals surface area contributed by atoms with Crippen LogP contribution in [0.5, 0.6) is 0 Å². The van der Waals surface area contributed by atoms with Crippen molar-refractivity contribution in [3.05, 3.63) is 47.7 Å². The molecule has 2 heterocycles. The summed E-state index contributed by atoms with van der Waals surface area (Å²) in [4.78, 5) is 0.191. The van der Waals surface area contributed by atoms with Gasteiger partial charge in [0, 0.05) is 0 Å². The smallest absolute Gasteiger partial charge is 0.330 e. The number of benzene rings is 1. The molecule has 2 aromatic heterocycles. The van der Waals surface area contributed by atoms with Crippen LogP contribution in [0.15, 0.2) is 50.3 Å². The summed E-state index contributed by atoms with van der Waals surface area (Å²) in [6.07, 6.45) is 4.43. The molecule has 1 N–H and O–H groups in total. The standard InChI is InChI=1S/C15H13N3O4S/c19-23(20,12-7-6-10-3-1-4-11(10)9-12)18-15-17-16-14(22-15)13-5-2-8-21-13/h2,5-9H,1,3-4H2,(H,17,18). The maximum Gasteiger partial charge on any atom is 0.330 e. The van der Waals surface area contributed by atoms with Gasteiger partial charge in [0.1, 0.15) is 0 Å². The van der Waals surface area contributed by atoms with Crippen LogP contribution in [0, 0.1) is 0 Å². The zero-order chi connectivity index (χ0) is 15.9. The fourth-order valence-electron chi connectivity index (χ4n) is 2.65. The number of rotatable bonds is 4. The molecule has 1 aliphatic rings. The number of hydrogen-bond donors (Lipinski definition) is 1. The van der Waals surface area contributed by atoms with Gasteiger partial charge in [-0.1, -0.05) is 11.2 Å². The van der Waals surface area contributed by atoms with Crippen molar-refractivity contribution in [2.75, 3.05) is 4.72 Å². The number of hydrogen-bond acceptors (Lipinski definition) is 6. The van der Waals surface area contributed by atoms with E-state index < -0.39 is 10.0 Å². The van der Waals surface area contributed by atoms with Gasteiger partial charge in [-0.2, -0.15) is 0 Å². The molecule has 1 aliphatic carbocycles. The average Bonchev–Trinajstić information content (AvgIpc) is 3.27. The monoisotopic (exact) mass is 331 g/mol. The Kier molecular flexibility index (Phi) is 3.19. The highest BCUT2D eigenvalue weighted by Gasteiger charge is 2.21. The van der Waals surface area contributed by atoms with E-state index >= 15 is 0 Å². The second-order valence-corrected chi connectivity index (χ2v) is 6.96. The molecule has 0 radical (unpaired) electrons. The van der Waals surface area contributed by atoms with Crippen molar-refractivity contribution >= 4 is 16.0 Å². The van der Waals surface area contributed by atoms with Crippen LogP contribution in [0.2, 0.25) is 0 Å². The van der Waals surface area contributed by atoms with Gasteiger partial charge in [-0.15, -0.1) is 5.10 Å². The molecule has 7 nitrogen and oxygen atoms in total. The van der Waals surface area contributed by atoms with Crippen molar-refractivity contribution < 1.29 is 17.3 Å². The zero-order valence-corrected chi connectivity index (χ0v) is 12.8. The van der Waals surface area contributed by atoms with E-state index in [2.05, 4.69) is 14.9 Å². The van der Waals surface area contributed by atoms with Crippen molar-refractivity contribution in [3.8, 4) is 11.7 Å². The first-order valence-corrected chi connectivity index (χ1v) is 8.62. The third-order valence-electron chi connectivity index (χ3n) is 3.76. The van der Waals surface area contributed by atoms with Gasteiger partial charge in [0.05, 0.1) is 11.2 Å². The van der Waals surface area contributed by atoms with E-state index in [1.165, 1.54) is 11.8 Å². The lowest BCUT2D eigenvalue weighted by Gasteiger charge is -2.06. The molecule has 0 saturated heterocycles. The normalized spacial score (nSPS) is 13.9. The quantitative estimate of drug-likeness (QED) is 0.789. The van der Waals surface area contributed by atoms with E-state index in [1.54, 1.807) is 24.3 Å². The zero-order valence-electron chi connectivity index (χ0n) is 12.0. The summed E-state index contributed by atoms with van der Waals surface area (Å²) < 4.78 is 37.6. The first-order valence-electron chi connectivity index (χ1n) is 7.14. The fourth-order valence-corrected chi connectivity index (χ4v) is 3.63. The van der Waals surface area contributed by atoms with Crippen molar-refractivity contribution in [2.24, 2.45) is 0 Å². The number of nitrogens with zero attached hydrogens (tertiary/aromatic N) is 2. The van der Waals surface area contributed by atoms with Gasteiger partial charge < -0.3 is 8.83 Å². The number of fused-ring (bicyclic) bond motifs is 1. The number of aryl methyl sites for hydroxylation is 2. The lowest BCUT2D eigenvalue weighted by Crippen LogP contribution is -2.13. The summed E-state index contributed by atoms with van der Waals surface area (Å²) in [5, 5.41) is 7.45. The molecule has 118 valence electrons. The predicted octanol–water partition coefficient (Wildman–Crippen LogP) is 2.62. The minimum atomic E-state index is -3.77. The van der Waals surface area contributed by atoms with Gasteiger partial charge >= 0.3 is 6.01 Å². The number of sulfonamides is 1. The van der Waals surface area contributed by atoms with Crippen LogP contribution in [0.3, 0.4) is 0 Å². The van der Waals surface area contributed by atoms with E-state index in [0.717, 1.165) is 24.8 Å². The van der Waals surface area contributed by atoms with Crippen LogP contribution in [-0.4, -0.2) is 18.6 Å². The van der Waals surface area contributed by atoms with Crippen LogP contribution in [0.4, 0.5) is 6.01 Å². The lowest BCUT2D eigenvalue weighted by molar-refractivity contribution is 0.524. The van der Waals surface area contributed by atoms with E-state index in [4.69, 9.17) is 8.83 Å². The maximum atomic E-state index is 12.4. The molecular formula is C15H13N3O4S. The van der Waals surface area contributed by atoms with Crippen LogP contribution in [0.1, 0.15) is 17.5 Å². The van der Waals surface area contributed by atoms with Crippen LogP contribution >= 0.6 is 0 Å². The molecule has 8 heteroatoms. The van der Waals surface area contributed by atoms with Crippen molar-refractivity contribution in [1.29, 1.82) is 0 Å². The minimum absolute atomic E-state index is 0.113. The largest absolute Gasteiger partial charge is 0.459 e. The molecule has 0 saturated carbocycles. The van der Waals surface area contributed by atoms with E-state index in [9.17, 15) is 8.42 Å². The summed E-state index contributed by atoms with van der Waals surface area (Å²) in [6, 6.07) is 8.28. The molecule has 0 bridgehead atoms. The molecule has 0 aliphatic heterocycles. The third-order valence-corrected chi connectivity index (χ3v) is 5.08. The van der Waals surface area contributed by atoms with Crippen molar-refractivity contribution in [1.82, 2.24) is 10.2 Å².